The van der Waals surface area contributed by atoms with Crippen LogP contribution in [-0.2, 0) is 4.79 Å². The summed E-state index contributed by atoms with van der Waals surface area (Å²) in [7, 11) is 0. The van der Waals surface area contributed by atoms with Crippen molar-refractivity contribution in [2.45, 2.75) is 257 Å². The number of hydrogen-bond acceptors (Lipinski definition) is 3. The van der Waals surface area contributed by atoms with Gasteiger partial charge in [-0.15, -0.1) is 0 Å². The Hall–Kier alpha value is -1.39. The van der Waals surface area contributed by atoms with Crippen LogP contribution in [0.1, 0.15) is 245 Å². The van der Waals surface area contributed by atoms with Gasteiger partial charge in [-0.1, -0.05) is 217 Å². The number of rotatable bonds is 42. The third kappa shape index (κ3) is 39.8. The monoisotopic (exact) mass is 730 g/mol. The third-order valence-electron chi connectivity index (χ3n) is 10.6. The average molecular weight is 730 g/mol. The zero-order chi connectivity index (χ0) is 37.8. The molecule has 0 aromatic rings. The van der Waals surface area contributed by atoms with E-state index in [1.54, 1.807) is 6.08 Å². The standard InChI is InChI=1S/C48H91NO3/c1-3-5-7-9-11-13-15-17-19-21-23-24-26-28-30-32-34-36-38-40-42-44-48(52)49-46(45-50)47(51)43-41-39-37-35-33-31-29-27-25-22-20-18-16-14-12-10-8-6-4-2/h24,26,33,35,41,43,46-47,50-51H,3-23,25,27-32,34,36-40,42,44-45H2,1-2H3,(H,49,52)/b26-24-,35-33+,43-41+. The van der Waals surface area contributed by atoms with Crippen LogP contribution in [0.3, 0.4) is 0 Å². The summed E-state index contributed by atoms with van der Waals surface area (Å²) in [4.78, 5) is 12.4. The topological polar surface area (TPSA) is 69.6 Å². The number of aliphatic hydroxyl groups excluding tert-OH is 2. The highest BCUT2D eigenvalue weighted by Crippen LogP contribution is 2.15. The molecule has 4 nitrogen and oxygen atoms in total. The fraction of sp³-hybridized carbons (Fsp3) is 0.854. The highest BCUT2D eigenvalue weighted by atomic mass is 16.3. The summed E-state index contributed by atoms with van der Waals surface area (Å²) in [5, 5.41) is 23.0. The maximum absolute atomic E-state index is 12.4. The molecule has 0 aromatic carbocycles. The molecule has 0 aliphatic carbocycles. The summed E-state index contributed by atoms with van der Waals surface area (Å²) in [5.41, 5.74) is 0. The van der Waals surface area contributed by atoms with Gasteiger partial charge in [0.25, 0.3) is 0 Å². The first kappa shape index (κ1) is 50.6. The van der Waals surface area contributed by atoms with Crippen LogP contribution in [0.5, 0.6) is 0 Å². The fourth-order valence-corrected chi connectivity index (χ4v) is 7.01. The van der Waals surface area contributed by atoms with E-state index in [2.05, 4.69) is 43.5 Å². The van der Waals surface area contributed by atoms with E-state index in [0.29, 0.717) is 6.42 Å². The lowest BCUT2D eigenvalue weighted by Gasteiger charge is -2.19. The van der Waals surface area contributed by atoms with Crippen LogP contribution < -0.4 is 5.32 Å². The molecule has 0 saturated heterocycles. The molecular formula is C48H91NO3. The molecule has 4 heteroatoms. The second-order valence-electron chi connectivity index (χ2n) is 15.8. The Morgan fingerprint density at radius 2 is 0.750 bits per heavy atom. The number of amides is 1. The van der Waals surface area contributed by atoms with Crippen LogP contribution in [0, 0.1) is 0 Å². The van der Waals surface area contributed by atoms with Crippen molar-refractivity contribution in [3.8, 4) is 0 Å². The molecule has 0 heterocycles. The molecule has 2 atom stereocenters. The Morgan fingerprint density at radius 3 is 1.12 bits per heavy atom. The smallest absolute Gasteiger partial charge is 0.220 e. The molecule has 2 unspecified atom stereocenters. The number of aliphatic hydroxyl groups is 2. The molecule has 0 saturated carbocycles. The molecule has 0 fully saturated rings. The first-order valence-corrected chi connectivity index (χ1v) is 23.2. The molecule has 0 bridgehead atoms. The molecule has 0 aliphatic heterocycles. The maximum Gasteiger partial charge on any atom is 0.220 e. The van der Waals surface area contributed by atoms with Gasteiger partial charge in [0.05, 0.1) is 18.8 Å². The Labute approximate surface area is 325 Å². The number of carbonyl (C=O) groups is 1. The second-order valence-corrected chi connectivity index (χ2v) is 15.8. The minimum absolute atomic E-state index is 0.0767. The molecule has 3 N–H and O–H groups in total. The number of unbranched alkanes of at least 4 members (excludes halogenated alkanes) is 31. The van der Waals surface area contributed by atoms with E-state index < -0.39 is 12.1 Å². The summed E-state index contributed by atoms with van der Waals surface area (Å²) in [6.07, 6.45) is 58.3. The van der Waals surface area contributed by atoms with Gasteiger partial charge in [0.15, 0.2) is 0 Å². The zero-order valence-electron chi connectivity index (χ0n) is 35.1. The van der Waals surface area contributed by atoms with Crippen LogP contribution in [0.4, 0.5) is 0 Å². The van der Waals surface area contributed by atoms with E-state index in [-0.39, 0.29) is 12.5 Å². The Bertz CT molecular complexity index is 790. The molecule has 1 amide bonds. The molecule has 0 radical (unpaired) electrons. The quantitative estimate of drug-likeness (QED) is 0.0433. The number of allylic oxidation sites excluding steroid dienone is 5. The van der Waals surface area contributed by atoms with Crippen molar-refractivity contribution in [3.63, 3.8) is 0 Å². The maximum atomic E-state index is 12.4. The number of hydrogen-bond donors (Lipinski definition) is 3. The SMILES string of the molecule is CCCCCCCCCCCC/C=C\CCCCCCCCCC(=O)NC(CO)C(O)/C=C/CC/C=C/CCCCCCCCCCCCCCC. The minimum atomic E-state index is -0.863. The van der Waals surface area contributed by atoms with Crippen molar-refractivity contribution in [1.29, 1.82) is 0 Å². The van der Waals surface area contributed by atoms with Gasteiger partial charge in [-0.05, 0) is 57.8 Å². The first-order valence-electron chi connectivity index (χ1n) is 23.2. The van der Waals surface area contributed by atoms with Crippen molar-refractivity contribution in [2.24, 2.45) is 0 Å². The van der Waals surface area contributed by atoms with E-state index in [4.69, 9.17) is 0 Å². The van der Waals surface area contributed by atoms with E-state index in [1.807, 2.05) is 6.08 Å². The summed E-state index contributed by atoms with van der Waals surface area (Å²) < 4.78 is 0. The molecule has 0 aliphatic rings. The summed E-state index contributed by atoms with van der Waals surface area (Å²) >= 11 is 0. The average Bonchev–Trinajstić information content (AvgIpc) is 3.15. The van der Waals surface area contributed by atoms with Crippen molar-refractivity contribution >= 4 is 5.91 Å². The summed E-state index contributed by atoms with van der Waals surface area (Å²) in [6.45, 7) is 4.31. The van der Waals surface area contributed by atoms with E-state index in [0.717, 1.165) is 32.1 Å². The Morgan fingerprint density at radius 1 is 0.442 bits per heavy atom. The van der Waals surface area contributed by atoms with Gasteiger partial charge in [-0.2, -0.15) is 0 Å². The predicted octanol–water partition coefficient (Wildman–Crippen LogP) is 14.6. The van der Waals surface area contributed by atoms with Gasteiger partial charge >= 0.3 is 0 Å². The molecule has 306 valence electrons. The first-order chi connectivity index (χ1) is 25.7. The van der Waals surface area contributed by atoms with Gasteiger partial charge in [-0.25, -0.2) is 0 Å². The van der Waals surface area contributed by atoms with Gasteiger partial charge in [0.1, 0.15) is 0 Å². The fourth-order valence-electron chi connectivity index (χ4n) is 7.01. The second kappa shape index (κ2) is 44.0. The van der Waals surface area contributed by atoms with Crippen molar-refractivity contribution in [1.82, 2.24) is 5.32 Å². The summed E-state index contributed by atoms with van der Waals surface area (Å²) in [5.74, 6) is -0.0767. The van der Waals surface area contributed by atoms with Gasteiger partial charge in [0.2, 0.25) is 5.91 Å². The number of carbonyl (C=O) groups excluding carboxylic acids is 1. The molecule has 0 spiro atoms. The van der Waals surface area contributed by atoms with Crippen LogP contribution >= 0.6 is 0 Å². The molecule has 0 rings (SSSR count). The van der Waals surface area contributed by atoms with Gasteiger partial charge < -0.3 is 15.5 Å². The molecule has 0 aromatic heterocycles. The van der Waals surface area contributed by atoms with E-state index in [1.165, 1.54) is 193 Å². The molecular weight excluding hydrogens is 639 g/mol. The van der Waals surface area contributed by atoms with E-state index in [9.17, 15) is 15.0 Å². The number of nitrogens with one attached hydrogen (secondary N) is 1. The van der Waals surface area contributed by atoms with Crippen molar-refractivity contribution < 1.29 is 15.0 Å². The lowest BCUT2D eigenvalue weighted by atomic mass is 10.0. The molecule has 52 heavy (non-hydrogen) atoms. The van der Waals surface area contributed by atoms with Gasteiger partial charge in [-0.3, -0.25) is 4.79 Å². The third-order valence-corrected chi connectivity index (χ3v) is 10.6. The lowest BCUT2D eigenvalue weighted by Crippen LogP contribution is -2.45. The highest BCUT2D eigenvalue weighted by Gasteiger charge is 2.17. The summed E-state index contributed by atoms with van der Waals surface area (Å²) in [6, 6.07) is -0.640. The predicted molar refractivity (Wildman–Crippen MR) is 230 cm³/mol. The van der Waals surface area contributed by atoms with Crippen LogP contribution in [-0.4, -0.2) is 34.9 Å². The van der Waals surface area contributed by atoms with Crippen LogP contribution in [0.2, 0.25) is 0 Å². The van der Waals surface area contributed by atoms with Crippen molar-refractivity contribution in [3.05, 3.63) is 36.5 Å². The minimum Gasteiger partial charge on any atom is -0.394 e. The van der Waals surface area contributed by atoms with Crippen LogP contribution in [0.25, 0.3) is 0 Å². The highest BCUT2D eigenvalue weighted by molar-refractivity contribution is 5.76. The zero-order valence-corrected chi connectivity index (χ0v) is 35.1. The Balaban J connectivity index is 3.59. The van der Waals surface area contributed by atoms with Crippen molar-refractivity contribution in [2.75, 3.05) is 6.61 Å². The van der Waals surface area contributed by atoms with E-state index >= 15 is 0 Å². The normalized spacial score (nSPS) is 13.2. The van der Waals surface area contributed by atoms with Gasteiger partial charge in [0, 0.05) is 6.42 Å². The largest absolute Gasteiger partial charge is 0.394 e. The lowest BCUT2D eigenvalue weighted by molar-refractivity contribution is -0.123. The van der Waals surface area contributed by atoms with Crippen LogP contribution in [0.15, 0.2) is 36.5 Å². The Kier molecular flexibility index (Phi) is 42.8.